The number of aromatic nitrogens is 1. The maximum absolute atomic E-state index is 12.6. The molecule has 0 unspecified atom stereocenters. The zero-order chi connectivity index (χ0) is 15.3. The average Bonchev–Trinajstić information content (AvgIpc) is 3.06. The molecule has 2 N–H and O–H groups in total. The molecule has 6 nitrogen and oxygen atoms in total. The first kappa shape index (κ1) is 12.5. The molecule has 4 aromatic rings. The SMILES string of the molecule is Nc1ccc2c(c1)oc(=O)n2C(=O)c1cc2ccccc2o1. The zero-order valence-corrected chi connectivity index (χ0v) is 11.3. The van der Waals surface area contributed by atoms with Crippen molar-refractivity contribution in [2.24, 2.45) is 0 Å². The van der Waals surface area contributed by atoms with Crippen LogP contribution in [-0.4, -0.2) is 10.5 Å². The lowest BCUT2D eigenvalue weighted by molar-refractivity contribution is 0.0931. The highest BCUT2D eigenvalue weighted by Crippen LogP contribution is 2.22. The Bertz CT molecular complexity index is 1050. The van der Waals surface area contributed by atoms with Crippen molar-refractivity contribution in [3.8, 4) is 0 Å². The van der Waals surface area contributed by atoms with E-state index in [0.717, 1.165) is 9.95 Å². The molecule has 108 valence electrons. The van der Waals surface area contributed by atoms with E-state index in [0.29, 0.717) is 16.8 Å². The highest BCUT2D eigenvalue weighted by molar-refractivity contribution is 6.01. The van der Waals surface area contributed by atoms with Gasteiger partial charge in [-0.2, -0.15) is 0 Å². The van der Waals surface area contributed by atoms with Crippen LogP contribution in [0.3, 0.4) is 0 Å². The fraction of sp³-hybridized carbons (Fsp3) is 0. The molecular weight excluding hydrogens is 284 g/mol. The van der Waals surface area contributed by atoms with Gasteiger partial charge in [-0.15, -0.1) is 0 Å². The fourth-order valence-electron chi connectivity index (χ4n) is 2.43. The summed E-state index contributed by atoms with van der Waals surface area (Å²) in [7, 11) is 0. The number of nitrogens with zero attached hydrogens (tertiary/aromatic N) is 1. The van der Waals surface area contributed by atoms with E-state index in [1.54, 1.807) is 24.3 Å². The molecule has 0 atom stereocenters. The second-order valence-electron chi connectivity index (χ2n) is 4.88. The number of hydrogen-bond donors (Lipinski definition) is 1. The van der Waals surface area contributed by atoms with Crippen LogP contribution >= 0.6 is 0 Å². The number of fused-ring (bicyclic) bond motifs is 2. The van der Waals surface area contributed by atoms with Gasteiger partial charge in [0, 0.05) is 17.1 Å². The van der Waals surface area contributed by atoms with Crippen LogP contribution in [-0.2, 0) is 0 Å². The molecule has 6 heteroatoms. The van der Waals surface area contributed by atoms with Crippen LogP contribution in [0.2, 0.25) is 0 Å². The summed E-state index contributed by atoms with van der Waals surface area (Å²) < 4.78 is 11.5. The summed E-state index contributed by atoms with van der Waals surface area (Å²) in [4.78, 5) is 24.5. The minimum absolute atomic E-state index is 0.0721. The number of nitrogens with two attached hydrogens (primary N) is 1. The van der Waals surface area contributed by atoms with Crippen LogP contribution in [0, 0.1) is 0 Å². The first-order valence-corrected chi connectivity index (χ1v) is 6.58. The van der Waals surface area contributed by atoms with Crippen LogP contribution in [0.1, 0.15) is 10.6 Å². The van der Waals surface area contributed by atoms with Gasteiger partial charge in [0.25, 0.3) is 0 Å². The maximum Gasteiger partial charge on any atom is 0.427 e. The van der Waals surface area contributed by atoms with Crippen molar-refractivity contribution in [3.05, 3.63) is 64.8 Å². The van der Waals surface area contributed by atoms with E-state index in [1.807, 2.05) is 18.2 Å². The summed E-state index contributed by atoms with van der Waals surface area (Å²) in [6.45, 7) is 0. The normalized spacial score (nSPS) is 11.3. The van der Waals surface area contributed by atoms with Gasteiger partial charge in [-0.1, -0.05) is 18.2 Å². The summed E-state index contributed by atoms with van der Waals surface area (Å²) in [5.41, 5.74) is 7.29. The van der Waals surface area contributed by atoms with E-state index >= 15 is 0 Å². The molecule has 0 saturated carbocycles. The average molecular weight is 294 g/mol. The Morgan fingerprint density at radius 1 is 1.00 bits per heavy atom. The first-order chi connectivity index (χ1) is 10.6. The van der Waals surface area contributed by atoms with Crippen molar-refractivity contribution in [1.82, 2.24) is 4.57 Å². The number of hydrogen-bond acceptors (Lipinski definition) is 5. The molecule has 22 heavy (non-hydrogen) atoms. The second-order valence-corrected chi connectivity index (χ2v) is 4.88. The monoisotopic (exact) mass is 294 g/mol. The van der Waals surface area contributed by atoms with Crippen LogP contribution in [0.4, 0.5) is 5.69 Å². The van der Waals surface area contributed by atoms with E-state index < -0.39 is 11.7 Å². The number of anilines is 1. The smallest absolute Gasteiger partial charge is 0.427 e. The largest absolute Gasteiger partial charge is 0.451 e. The Morgan fingerprint density at radius 2 is 1.82 bits per heavy atom. The second kappa shape index (κ2) is 4.36. The van der Waals surface area contributed by atoms with Crippen molar-refractivity contribution < 1.29 is 13.6 Å². The molecule has 0 aliphatic rings. The molecule has 2 aromatic heterocycles. The molecule has 0 amide bonds. The fourth-order valence-corrected chi connectivity index (χ4v) is 2.43. The van der Waals surface area contributed by atoms with Crippen LogP contribution in [0.5, 0.6) is 0 Å². The lowest BCUT2D eigenvalue weighted by Gasteiger charge is -1.97. The van der Waals surface area contributed by atoms with E-state index in [4.69, 9.17) is 14.6 Å². The molecule has 0 spiro atoms. The third-order valence-corrected chi connectivity index (χ3v) is 3.44. The first-order valence-electron chi connectivity index (χ1n) is 6.58. The lowest BCUT2D eigenvalue weighted by Crippen LogP contribution is -2.22. The number of carbonyl (C=O) groups excluding carboxylic acids is 1. The molecule has 0 aliphatic carbocycles. The summed E-state index contributed by atoms with van der Waals surface area (Å²) in [5, 5.41) is 0.788. The van der Waals surface area contributed by atoms with Crippen LogP contribution in [0.25, 0.3) is 22.1 Å². The maximum atomic E-state index is 12.6. The molecule has 0 fully saturated rings. The predicted molar refractivity (Wildman–Crippen MR) is 80.8 cm³/mol. The number of furan rings is 1. The van der Waals surface area contributed by atoms with Crippen molar-refractivity contribution in [2.45, 2.75) is 0 Å². The van der Waals surface area contributed by atoms with Crippen molar-refractivity contribution >= 4 is 33.7 Å². The third-order valence-electron chi connectivity index (χ3n) is 3.44. The summed E-state index contributed by atoms with van der Waals surface area (Å²) in [6, 6.07) is 13.5. The van der Waals surface area contributed by atoms with Gasteiger partial charge < -0.3 is 14.6 Å². The minimum Gasteiger partial charge on any atom is -0.451 e. The Hall–Kier alpha value is -3.28. The van der Waals surface area contributed by atoms with Crippen molar-refractivity contribution in [2.75, 3.05) is 5.73 Å². The Labute approximate surface area is 123 Å². The molecule has 0 saturated heterocycles. The van der Waals surface area contributed by atoms with Gasteiger partial charge in [-0.25, -0.2) is 9.36 Å². The molecule has 4 rings (SSSR count). The minimum atomic E-state index is -0.772. The molecular formula is C16H10N2O4. The number of carbonyl (C=O) groups is 1. The van der Waals surface area contributed by atoms with E-state index in [-0.39, 0.29) is 11.3 Å². The van der Waals surface area contributed by atoms with Gasteiger partial charge in [-0.05, 0) is 24.3 Å². The molecule has 0 bridgehead atoms. The Balaban J connectivity index is 1.92. The zero-order valence-electron chi connectivity index (χ0n) is 11.3. The van der Waals surface area contributed by atoms with Gasteiger partial charge in [0.2, 0.25) is 0 Å². The van der Waals surface area contributed by atoms with Crippen LogP contribution in [0.15, 0.2) is 62.2 Å². The molecule has 2 heterocycles. The lowest BCUT2D eigenvalue weighted by atomic mass is 10.2. The van der Waals surface area contributed by atoms with Gasteiger partial charge in [0.05, 0.1) is 5.52 Å². The summed E-state index contributed by atoms with van der Waals surface area (Å²) in [6.07, 6.45) is 0. The van der Waals surface area contributed by atoms with Gasteiger partial charge in [0.15, 0.2) is 11.3 Å². The number of nitrogen functional groups attached to an aromatic ring is 1. The van der Waals surface area contributed by atoms with Gasteiger partial charge in [-0.3, -0.25) is 4.79 Å². The van der Waals surface area contributed by atoms with Crippen molar-refractivity contribution in [3.63, 3.8) is 0 Å². The highest BCUT2D eigenvalue weighted by Gasteiger charge is 2.21. The third kappa shape index (κ3) is 1.74. The standard InChI is InChI=1S/C16H10N2O4/c17-10-5-6-11-13(8-10)22-16(20)18(11)15(19)14-7-9-3-1-2-4-12(9)21-14/h1-8H,17H2. The molecule has 2 aromatic carbocycles. The highest BCUT2D eigenvalue weighted by atomic mass is 16.4. The van der Waals surface area contributed by atoms with Crippen molar-refractivity contribution in [1.29, 1.82) is 0 Å². The van der Waals surface area contributed by atoms with Crippen LogP contribution < -0.4 is 11.5 Å². The molecule has 0 radical (unpaired) electrons. The summed E-state index contributed by atoms with van der Waals surface area (Å²) in [5.74, 6) is -1.28. The number of para-hydroxylation sites is 1. The van der Waals surface area contributed by atoms with E-state index in [2.05, 4.69) is 0 Å². The Kier molecular flexibility index (Phi) is 2.47. The summed E-state index contributed by atoms with van der Waals surface area (Å²) >= 11 is 0. The van der Waals surface area contributed by atoms with E-state index in [1.165, 1.54) is 6.07 Å². The predicted octanol–water partition coefficient (Wildman–Crippen LogP) is 2.61. The van der Waals surface area contributed by atoms with Gasteiger partial charge in [0.1, 0.15) is 5.58 Å². The van der Waals surface area contributed by atoms with E-state index in [9.17, 15) is 9.59 Å². The quantitative estimate of drug-likeness (QED) is 0.545. The topological polar surface area (TPSA) is 91.4 Å². The number of oxazole rings is 1. The van der Waals surface area contributed by atoms with Gasteiger partial charge >= 0.3 is 11.7 Å². The number of benzene rings is 2. The Morgan fingerprint density at radius 3 is 2.64 bits per heavy atom. The molecule has 0 aliphatic heterocycles. The number of rotatable bonds is 1.